The SMILES string of the molecule is CC1(C)c2ccccc2N(c2ccccc2)c2ccc(-c3ccc4c(c3)C(C)(C)c3cc(-c5cccc6c5oc5ccccc56)ccc3N4c3ccccc3)cc21. The van der Waals surface area contributed by atoms with E-state index in [1.54, 1.807) is 0 Å². The number of para-hydroxylation sites is 5. The molecular formula is C54H42N2O. The predicted molar refractivity (Wildman–Crippen MR) is 238 cm³/mol. The van der Waals surface area contributed by atoms with Crippen molar-refractivity contribution < 1.29 is 4.42 Å². The first-order chi connectivity index (χ1) is 27.8. The van der Waals surface area contributed by atoms with E-state index in [1.807, 2.05) is 6.07 Å². The van der Waals surface area contributed by atoms with Crippen molar-refractivity contribution in [1.29, 1.82) is 0 Å². The van der Waals surface area contributed by atoms with Gasteiger partial charge in [0.15, 0.2) is 0 Å². The number of anilines is 6. The number of hydrogen-bond acceptors (Lipinski definition) is 3. The number of fused-ring (bicyclic) bond motifs is 7. The highest BCUT2D eigenvalue weighted by molar-refractivity contribution is 6.09. The van der Waals surface area contributed by atoms with E-state index < -0.39 is 0 Å². The molecule has 9 aromatic rings. The van der Waals surface area contributed by atoms with Gasteiger partial charge in [-0.15, -0.1) is 0 Å². The van der Waals surface area contributed by atoms with Crippen molar-refractivity contribution in [2.75, 3.05) is 9.80 Å². The van der Waals surface area contributed by atoms with Gasteiger partial charge in [0, 0.05) is 38.5 Å². The van der Waals surface area contributed by atoms with E-state index in [9.17, 15) is 0 Å². The molecule has 11 rings (SSSR count). The fourth-order valence-electron chi connectivity index (χ4n) is 9.65. The Morgan fingerprint density at radius 1 is 0.368 bits per heavy atom. The monoisotopic (exact) mass is 734 g/mol. The molecule has 0 amide bonds. The van der Waals surface area contributed by atoms with Gasteiger partial charge in [0.2, 0.25) is 0 Å². The van der Waals surface area contributed by atoms with E-state index in [-0.39, 0.29) is 10.8 Å². The van der Waals surface area contributed by atoms with Gasteiger partial charge in [0.25, 0.3) is 0 Å². The number of nitrogens with zero attached hydrogens (tertiary/aromatic N) is 2. The minimum absolute atomic E-state index is 0.192. The van der Waals surface area contributed by atoms with Gasteiger partial charge in [-0.3, -0.25) is 0 Å². The molecule has 2 aliphatic heterocycles. The minimum atomic E-state index is -0.305. The van der Waals surface area contributed by atoms with Gasteiger partial charge in [0.1, 0.15) is 11.2 Å². The number of furan rings is 1. The van der Waals surface area contributed by atoms with Crippen LogP contribution in [0.15, 0.2) is 186 Å². The zero-order valence-electron chi connectivity index (χ0n) is 32.6. The molecule has 2 aliphatic rings. The molecule has 0 bridgehead atoms. The van der Waals surface area contributed by atoms with Crippen LogP contribution in [-0.4, -0.2) is 0 Å². The summed E-state index contributed by atoms with van der Waals surface area (Å²) in [6.07, 6.45) is 0. The Hall–Kier alpha value is -6.84. The summed E-state index contributed by atoms with van der Waals surface area (Å²) in [5, 5.41) is 2.29. The maximum absolute atomic E-state index is 6.54. The van der Waals surface area contributed by atoms with Gasteiger partial charge in [0.05, 0.1) is 22.7 Å². The van der Waals surface area contributed by atoms with Crippen LogP contribution in [0.1, 0.15) is 49.9 Å². The first-order valence-electron chi connectivity index (χ1n) is 19.9. The van der Waals surface area contributed by atoms with Crippen molar-refractivity contribution in [3.8, 4) is 22.3 Å². The molecule has 274 valence electrons. The van der Waals surface area contributed by atoms with Gasteiger partial charge in [-0.25, -0.2) is 0 Å². The Morgan fingerprint density at radius 3 is 1.44 bits per heavy atom. The molecule has 8 aromatic carbocycles. The van der Waals surface area contributed by atoms with E-state index in [0.717, 1.165) is 38.8 Å². The lowest BCUT2D eigenvalue weighted by Gasteiger charge is -2.43. The highest BCUT2D eigenvalue weighted by Gasteiger charge is 2.39. The summed E-state index contributed by atoms with van der Waals surface area (Å²) in [4.78, 5) is 4.86. The Bertz CT molecular complexity index is 3030. The van der Waals surface area contributed by atoms with Crippen molar-refractivity contribution in [2.45, 2.75) is 38.5 Å². The zero-order chi connectivity index (χ0) is 38.5. The van der Waals surface area contributed by atoms with Gasteiger partial charge in [-0.05, 0) is 112 Å². The van der Waals surface area contributed by atoms with Gasteiger partial charge >= 0.3 is 0 Å². The third-order valence-electron chi connectivity index (χ3n) is 12.6. The zero-order valence-corrected chi connectivity index (χ0v) is 32.6. The van der Waals surface area contributed by atoms with Crippen molar-refractivity contribution in [2.24, 2.45) is 0 Å². The lowest BCUT2D eigenvalue weighted by Crippen LogP contribution is -2.31. The van der Waals surface area contributed by atoms with Crippen molar-refractivity contribution >= 4 is 56.1 Å². The van der Waals surface area contributed by atoms with Crippen LogP contribution in [-0.2, 0) is 10.8 Å². The molecule has 0 spiro atoms. The third-order valence-corrected chi connectivity index (χ3v) is 12.6. The quantitative estimate of drug-likeness (QED) is 0.179. The molecule has 0 radical (unpaired) electrons. The van der Waals surface area contributed by atoms with Crippen molar-refractivity contribution in [1.82, 2.24) is 0 Å². The molecular weight excluding hydrogens is 693 g/mol. The molecule has 3 nitrogen and oxygen atoms in total. The second kappa shape index (κ2) is 12.3. The van der Waals surface area contributed by atoms with E-state index in [0.29, 0.717) is 0 Å². The van der Waals surface area contributed by atoms with Crippen molar-refractivity contribution in [3.05, 3.63) is 204 Å². The normalized spacial score (nSPS) is 14.9. The highest BCUT2D eigenvalue weighted by atomic mass is 16.3. The molecule has 1 aromatic heterocycles. The second-order valence-electron chi connectivity index (χ2n) is 16.6. The molecule has 0 fully saturated rings. The van der Waals surface area contributed by atoms with Gasteiger partial charge < -0.3 is 14.2 Å². The standard InChI is InChI=1S/C54H42N2O/c1-53(2)43-23-12-13-24-47(43)55(38-16-7-5-8-17-38)48-29-26-35(32-44(48)53)36-27-30-49-45(33-36)54(3,4)46-34-37(28-31-50(46)56(49)39-18-9-6-10-19-39)40-21-15-22-42-41-20-11-14-25-51(41)57-52(40)42/h5-34H,1-4H3. The fourth-order valence-corrected chi connectivity index (χ4v) is 9.65. The van der Waals surface area contributed by atoms with Crippen LogP contribution >= 0.6 is 0 Å². The molecule has 3 heterocycles. The van der Waals surface area contributed by atoms with Gasteiger partial charge in [-0.2, -0.15) is 0 Å². The fraction of sp³-hybridized carbons (Fsp3) is 0.111. The topological polar surface area (TPSA) is 19.6 Å². The van der Waals surface area contributed by atoms with Crippen LogP contribution in [0.5, 0.6) is 0 Å². The Balaban J connectivity index is 1.07. The first kappa shape index (κ1) is 33.5. The Morgan fingerprint density at radius 2 is 0.825 bits per heavy atom. The van der Waals surface area contributed by atoms with Crippen LogP contribution in [0.25, 0.3) is 44.2 Å². The van der Waals surface area contributed by atoms with Crippen LogP contribution in [0.3, 0.4) is 0 Å². The second-order valence-corrected chi connectivity index (χ2v) is 16.6. The lowest BCUT2D eigenvalue weighted by atomic mass is 9.71. The summed E-state index contributed by atoms with van der Waals surface area (Å²) in [6.45, 7) is 9.50. The van der Waals surface area contributed by atoms with Crippen LogP contribution in [0.4, 0.5) is 34.1 Å². The molecule has 0 atom stereocenters. The van der Waals surface area contributed by atoms with Gasteiger partial charge in [-0.1, -0.05) is 137 Å². The molecule has 57 heavy (non-hydrogen) atoms. The number of rotatable bonds is 4. The molecule has 0 saturated carbocycles. The smallest absolute Gasteiger partial charge is 0.143 e. The first-order valence-corrected chi connectivity index (χ1v) is 19.9. The molecule has 0 N–H and O–H groups in total. The maximum Gasteiger partial charge on any atom is 0.143 e. The van der Waals surface area contributed by atoms with Crippen LogP contribution < -0.4 is 9.80 Å². The Kier molecular flexibility index (Phi) is 7.25. The number of benzene rings is 8. The summed E-state index contributed by atoms with van der Waals surface area (Å²) in [5.74, 6) is 0. The third kappa shape index (κ3) is 4.98. The van der Waals surface area contributed by atoms with E-state index in [4.69, 9.17) is 4.42 Å². The summed E-state index contributed by atoms with van der Waals surface area (Å²) >= 11 is 0. The average Bonchev–Trinajstić information content (AvgIpc) is 3.64. The summed E-state index contributed by atoms with van der Waals surface area (Å²) < 4.78 is 6.54. The summed E-state index contributed by atoms with van der Waals surface area (Å²) in [6, 6.07) is 66.4. The number of hydrogen-bond donors (Lipinski definition) is 0. The van der Waals surface area contributed by atoms with Crippen LogP contribution in [0.2, 0.25) is 0 Å². The van der Waals surface area contributed by atoms with Crippen LogP contribution in [0, 0.1) is 0 Å². The lowest BCUT2D eigenvalue weighted by molar-refractivity contribution is 0.631. The van der Waals surface area contributed by atoms with E-state index in [2.05, 4.69) is 213 Å². The summed E-state index contributed by atoms with van der Waals surface area (Å²) in [5.41, 5.74) is 18.4. The molecule has 3 heteroatoms. The maximum atomic E-state index is 6.54. The largest absolute Gasteiger partial charge is 0.455 e. The predicted octanol–water partition coefficient (Wildman–Crippen LogP) is 15.1. The van der Waals surface area contributed by atoms with Crippen molar-refractivity contribution in [3.63, 3.8) is 0 Å². The minimum Gasteiger partial charge on any atom is -0.455 e. The Labute approximate surface area is 334 Å². The molecule has 0 unspecified atom stereocenters. The molecule has 0 saturated heterocycles. The van der Waals surface area contributed by atoms with E-state index in [1.165, 1.54) is 61.8 Å². The van der Waals surface area contributed by atoms with E-state index >= 15 is 0 Å². The highest BCUT2D eigenvalue weighted by Crippen LogP contribution is 2.55. The molecule has 0 aliphatic carbocycles. The average molecular weight is 735 g/mol. The summed E-state index contributed by atoms with van der Waals surface area (Å²) in [7, 11) is 0.